The smallest absolute Gasteiger partial charge is 0.255 e. The van der Waals surface area contributed by atoms with E-state index in [1.165, 1.54) is 36.4 Å². The molecule has 3 aromatic rings. The van der Waals surface area contributed by atoms with E-state index in [1.54, 1.807) is 44.2 Å². The number of nitrogens with one attached hydrogen (secondary N) is 1. The van der Waals surface area contributed by atoms with E-state index in [4.69, 9.17) is 23.2 Å². The van der Waals surface area contributed by atoms with Gasteiger partial charge in [0.25, 0.3) is 5.91 Å². The Hall–Kier alpha value is -2.67. The van der Waals surface area contributed by atoms with Crippen LogP contribution in [-0.2, 0) is 9.84 Å². The summed E-state index contributed by atoms with van der Waals surface area (Å²) in [7, 11) is -3.54. The molecule has 0 saturated carbocycles. The molecule has 1 amide bonds. The SMILES string of the molecule is CC(C)S(=O)(=O)c1cccc(C(=O)Nc2ccc(Cl)cc2C(=O)c2ccccc2Cl)c1. The third kappa shape index (κ3) is 4.98. The topological polar surface area (TPSA) is 80.3 Å². The third-order valence-electron chi connectivity index (χ3n) is 4.64. The zero-order valence-electron chi connectivity index (χ0n) is 16.7. The molecule has 0 aliphatic rings. The molecule has 1 N–H and O–H groups in total. The number of halogens is 2. The van der Waals surface area contributed by atoms with Gasteiger partial charge in [-0.05, 0) is 62.4 Å². The molecule has 31 heavy (non-hydrogen) atoms. The van der Waals surface area contributed by atoms with Crippen LogP contribution >= 0.6 is 23.2 Å². The minimum Gasteiger partial charge on any atom is -0.321 e. The average molecular weight is 476 g/mol. The number of amides is 1. The molecule has 0 spiro atoms. The van der Waals surface area contributed by atoms with Gasteiger partial charge in [-0.15, -0.1) is 0 Å². The monoisotopic (exact) mass is 475 g/mol. The van der Waals surface area contributed by atoms with Crippen LogP contribution in [0.1, 0.15) is 40.1 Å². The summed E-state index contributed by atoms with van der Waals surface area (Å²) in [6, 6.07) is 16.8. The summed E-state index contributed by atoms with van der Waals surface area (Å²) in [5.41, 5.74) is 0.816. The lowest BCUT2D eigenvalue weighted by Gasteiger charge is -2.13. The normalized spacial score (nSPS) is 11.4. The minimum absolute atomic E-state index is 0.0543. The predicted octanol–water partition coefficient (Wildman–Crippen LogP) is 5.66. The van der Waals surface area contributed by atoms with Crippen molar-refractivity contribution < 1.29 is 18.0 Å². The molecule has 5 nitrogen and oxygen atoms in total. The van der Waals surface area contributed by atoms with E-state index in [0.717, 1.165) is 0 Å². The number of ketones is 1. The van der Waals surface area contributed by atoms with Crippen LogP contribution in [0.5, 0.6) is 0 Å². The summed E-state index contributed by atoms with van der Waals surface area (Å²) >= 11 is 12.2. The molecule has 0 aliphatic heterocycles. The lowest BCUT2D eigenvalue weighted by Crippen LogP contribution is -2.17. The highest BCUT2D eigenvalue weighted by Gasteiger charge is 2.22. The largest absolute Gasteiger partial charge is 0.321 e. The molecule has 0 aliphatic carbocycles. The van der Waals surface area contributed by atoms with Crippen molar-refractivity contribution in [2.45, 2.75) is 24.0 Å². The second-order valence-corrected chi connectivity index (χ2v) is 10.4. The maximum Gasteiger partial charge on any atom is 0.255 e. The van der Waals surface area contributed by atoms with Crippen molar-refractivity contribution in [1.29, 1.82) is 0 Å². The molecule has 0 heterocycles. The summed E-state index contributed by atoms with van der Waals surface area (Å²) in [4.78, 5) is 25.9. The van der Waals surface area contributed by atoms with Gasteiger partial charge < -0.3 is 5.32 Å². The molecular weight excluding hydrogens is 457 g/mol. The molecule has 0 radical (unpaired) electrons. The number of hydrogen-bond acceptors (Lipinski definition) is 4. The van der Waals surface area contributed by atoms with Crippen LogP contribution in [0.15, 0.2) is 71.6 Å². The molecular formula is C23H19Cl2NO4S. The van der Waals surface area contributed by atoms with E-state index in [1.807, 2.05) is 0 Å². The van der Waals surface area contributed by atoms with Gasteiger partial charge in [0.05, 0.1) is 20.9 Å². The number of carbonyl (C=O) groups excluding carboxylic acids is 2. The molecule has 8 heteroatoms. The number of anilines is 1. The summed E-state index contributed by atoms with van der Waals surface area (Å²) in [6.07, 6.45) is 0. The Bertz CT molecular complexity index is 1270. The quantitative estimate of drug-likeness (QED) is 0.466. The molecule has 0 bridgehead atoms. The first-order chi connectivity index (χ1) is 14.6. The molecule has 160 valence electrons. The second kappa shape index (κ2) is 9.22. The van der Waals surface area contributed by atoms with Gasteiger partial charge in [0.15, 0.2) is 15.6 Å². The van der Waals surface area contributed by atoms with E-state index >= 15 is 0 Å². The summed E-state index contributed by atoms with van der Waals surface area (Å²) < 4.78 is 24.9. The van der Waals surface area contributed by atoms with Crippen LogP contribution in [0.25, 0.3) is 0 Å². The lowest BCUT2D eigenvalue weighted by atomic mass is 10.0. The van der Waals surface area contributed by atoms with Crippen molar-refractivity contribution >= 4 is 50.4 Å². The van der Waals surface area contributed by atoms with Crippen molar-refractivity contribution in [3.05, 3.63) is 93.5 Å². The van der Waals surface area contributed by atoms with Crippen LogP contribution in [0.2, 0.25) is 10.0 Å². The van der Waals surface area contributed by atoms with Gasteiger partial charge in [0, 0.05) is 21.7 Å². The summed E-state index contributed by atoms with van der Waals surface area (Å²) in [5.74, 6) is -0.962. The van der Waals surface area contributed by atoms with Gasteiger partial charge >= 0.3 is 0 Å². The standard InChI is InChI=1S/C23H19Cl2NO4S/c1-14(2)31(29,30)17-7-5-6-15(12-17)23(28)26-21-11-10-16(24)13-19(21)22(27)18-8-3-4-9-20(18)25/h3-14H,1-2H3,(H,26,28). The Balaban J connectivity index is 1.97. The number of rotatable bonds is 6. The van der Waals surface area contributed by atoms with Crippen LogP contribution in [0.3, 0.4) is 0 Å². The zero-order valence-corrected chi connectivity index (χ0v) is 19.1. The number of sulfone groups is 1. The van der Waals surface area contributed by atoms with Crippen molar-refractivity contribution in [1.82, 2.24) is 0 Å². The van der Waals surface area contributed by atoms with E-state index < -0.39 is 26.8 Å². The molecule has 3 aromatic carbocycles. The minimum atomic E-state index is -3.54. The predicted molar refractivity (Wildman–Crippen MR) is 123 cm³/mol. The Kier molecular flexibility index (Phi) is 6.84. The van der Waals surface area contributed by atoms with E-state index in [-0.39, 0.29) is 32.3 Å². The maximum atomic E-state index is 13.0. The number of hydrogen-bond donors (Lipinski definition) is 1. The lowest BCUT2D eigenvalue weighted by molar-refractivity contribution is 0.102. The van der Waals surface area contributed by atoms with E-state index in [0.29, 0.717) is 5.02 Å². The first-order valence-electron chi connectivity index (χ1n) is 9.35. The van der Waals surface area contributed by atoms with Crippen molar-refractivity contribution in [2.75, 3.05) is 5.32 Å². The zero-order chi connectivity index (χ0) is 22.8. The van der Waals surface area contributed by atoms with Crippen LogP contribution in [0, 0.1) is 0 Å². The van der Waals surface area contributed by atoms with Crippen LogP contribution < -0.4 is 5.32 Å². The fourth-order valence-corrected chi connectivity index (χ4v) is 4.38. The first-order valence-corrected chi connectivity index (χ1v) is 11.7. The number of benzene rings is 3. The summed E-state index contributed by atoms with van der Waals surface area (Å²) in [6.45, 7) is 3.14. The maximum absolute atomic E-state index is 13.0. The molecule has 0 saturated heterocycles. The Morgan fingerprint density at radius 3 is 2.26 bits per heavy atom. The Morgan fingerprint density at radius 2 is 1.58 bits per heavy atom. The van der Waals surface area contributed by atoms with Crippen LogP contribution in [0.4, 0.5) is 5.69 Å². The Labute approximate surface area is 190 Å². The third-order valence-corrected chi connectivity index (χ3v) is 7.36. The van der Waals surface area contributed by atoms with Gasteiger partial charge in [-0.3, -0.25) is 9.59 Å². The molecule has 0 atom stereocenters. The second-order valence-electron chi connectivity index (χ2n) is 7.07. The fourth-order valence-electron chi connectivity index (χ4n) is 2.88. The number of carbonyl (C=O) groups is 2. The van der Waals surface area contributed by atoms with Crippen molar-refractivity contribution in [2.24, 2.45) is 0 Å². The van der Waals surface area contributed by atoms with Gasteiger partial charge in [0.1, 0.15) is 0 Å². The van der Waals surface area contributed by atoms with Gasteiger partial charge in [0.2, 0.25) is 0 Å². The van der Waals surface area contributed by atoms with E-state index in [9.17, 15) is 18.0 Å². The van der Waals surface area contributed by atoms with Crippen molar-refractivity contribution in [3.8, 4) is 0 Å². The van der Waals surface area contributed by atoms with Crippen LogP contribution in [-0.4, -0.2) is 25.4 Å². The molecule has 3 rings (SSSR count). The van der Waals surface area contributed by atoms with E-state index in [2.05, 4.69) is 5.32 Å². The molecule has 0 fully saturated rings. The van der Waals surface area contributed by atoms with Gasteiger partial charge in [-0.2, -0.15) is 0 Å². The average Bonchev–Trinajstić information content (AvgIpc) is 2.74. The highest BCUT2D eigenvalue weighted by atomic mass is 35.5. The summed E-state index contributed by atoms with van der Waals surface area (Å²) in [5, 5.41) is 2.64. The highest BCUT2D eigenvalue weighted by Crippen LogP contribution is 2.27. The first kappa shape index (κ1) is 23.0. The van der Waals surface area contributed by atoms with Crippen molar-refractivity contribution in [3.63, 3.8) is 0 Å². The fraction of sp³-hybridized carbons (Fsp3) is 0.130. The Morgan fingerprint density at radius 1 is 0.871 bits per heavy atom. The van der Waals surface area contributed by atoms with Gasteiger partial charge in [-0.1, -0.05) is 41.4 Å². The molecule has 0 aromatic heterocycles. The molecule has 0 unspecified atom stereocenters. The van der Waals surface area contributed by atoms with Gasteiger partial charge in [-0.25, -0.2) is 8.42 Å². The highest BCUT2D eigenvalue weighted by molar-refractivity contribution is 7.92.